The van der Waals surface area contributed by atoms with Crippen LogP contribution >= 0.6 is 24.0 Å². The van der Waals surface area contributed by atoms with Crippen LogP contribution in [0.25, 0.3) is 0 Å². The molecule has 2 rings (SSSR count). The van der Waals surface area contributed by atoms with E-state index >= 15 is 0 Å². The van der Waals surface area contributed by atoms with Crippen molar-refractivity contribution < 1.29 is 9.13 Å². The lowest BCUT2D eigenvalue weighted by molar-refractivity contribution is 0.305. The van der Waals surface area contributed by atoms with Crippen LogP contribution < -0.4 is 15.4 Å². The summed E-state index contributed by atoms with van der Waals surface area (Å²) in [5, 5.41) is 6.45. The van der Waals surface area contributed by atoms with Crippen molar-refractivity contribution in [2.45, 2.75) is 26.3 Å². The molecule has 0 saturated carbocycles. The Labute approximate surface area is 171 Å². The lowest BCUT2D eigenvalue weighted by Crippen LogP contribution is -2.37. The van der Waals surface area contributed by atoms with Crippen LogP contribution in [0.4, 0.5) is 4.39 Å². The van der Waals surface area contributed by atoms with E-state index in [9.17, 15) is 4.39 Å². The summed E-state index contributed by atoms with van der Waals surface area (Å²) in [6.07, 6.45) is 3.48. The van der Waals surface area contributed by atoms with E-state index in [1.54, 1.807) is 25.4 Å². The first-order chi connectivity index (χ1) is 12.2. The summed E-state index contributed by atoms with van der Waals surface area (Å²) < 4.78 is 18.6. The van der Waals surface area contributed by atoms with Crippen molar-refractivity contribution in [2.24, 2.45) is 4.99 Å². The second-order valence-corrected chi connectivity index (χ2v) is 5.59. The molecule has 0 fully saturated rings. The highest BCUT2D eigenvalue weighted by molar-refractivity contribution is 14.0. The molecule has 26 heavy (non-hydrogen) atoms. The summed E-state index contributed by atoms with van der Waals surface area (Å²) in [5.74, 6) is 1.13. The number of hydrogen-bond acceptors (Lipinski definition) is 3. The van der Waals surface area contributed by atoms with Crippen molar-refractivity contribution in [2.75, 3.05) is 20.2 Å². The zero-order chi connectivity index (χ0) is 17.9. The Morgan fingerprint density at radius 1 is 1.19 bits per heavy atom. The molecule has 0 atom stereocenters. The summed E-state index contributed by atoms with van der Waals surface area (Å²) in [6.45, 7) is 4.02. The third-order valence-electron chi connectivity index (χ3n) is 3.53. The monoisotopic (exact) mass is 472 g/mol. The minimum Gasteiger partial charge on any atom is -0.478 e. The molecule has 2 N–H and O–H groups in total. The zero-order valence-electron chi connectivity index (χ0n) is 15.2. The second-order valence-electron chi connectivity index (χ2n) is 5.59. The van der Waals surface area contributed by atoms with Gasteiger partial charge in [0.15, 0.2) is 5.96 Å². The van der Waals surface area contributed by atoms with Gasteiger partial charge in [-0.05, 0) is 36.1 Å². The minimum atomic E-state index is -0.209. The van der Waals surface area contributed by atoms with Gasteiger partial charge in [-0.1, -0.05) is 25.1 Å². The van der Waals surface area contributed by atoms with Crippen molar-refractivity contribution in [3.8, 4) is 5.88 Å². The summed E-state index contributed by atoms with van der Waals surface area (Å²) in [6, 6.07) is 10.5. The third-order valence-corrected chi connectivity index (χ3v) is 3.53. The standard InChI is InChI=1S/C19H25FN4O.HI/c1-3-11-25-18-8-7-16(13-23-18)14-24-19(21-2)22-10-9-15-5-4-6-17(20)12-15;/h4-8,12-13H,3,9-11,14H2,1-2H3,(H2,21,22,24);1H. The van der Waals surface area contributed by atoms with Crippen LogP contribution in [0.15, 0.2) is 47.6 Å². The Kier molecular flexibility index (Phi) is 10.6. The maximum atomic E-state index is 13.2. The molecule has 0 amide bonds. The normalized spacial score (nSPS) is 10.8. The lowest BCUT2D eigenvalue weighted by Gasteiger charge is -2.12. The first-order valence-corrected chi connectivity index (χ1v) is 8.48. The van der Waals surface area contributed by atoms with E-state index in [1.807, 2.05) is 18.2 Å². The third kappa shape index (κ3) is 7.99. The zero-order valence-corrected chi connectivity index (χ0v) is 17.5. The molecule has 0 aliphatic heterocycles. The Bertz CT molecular complexity index is 679. The number of aliphatic imine (C=N–C) groups is 1. The van der Waals surface area contributed by atoms with Crippen LogP contribution in [0.1, 0.15) is 24.5 Å². The lowest BCUT2D eigenvalue weighted by atomic mass is 10.1. The van der Waals surface area contributed by atoms with Gasteiger partial charge in [0.05, 0.1) is 6.61 Å². The molecule has 1 aromatic carbocycles. The number of ether oxygens (including phenoxy) is 1. The van der Waals surface area contributed by atoms with Crippen molar-refractivity contribution in [1.82, 2.24) is 15.6 Å². The minimum absolute atomic E-state index is 0. The maximum absolute atomic E-state index is 13.2. The molecule has 7 heteroatoms. The Hall–Kier alpha value is -1.90. The van der Waals surface area contributed by atoms with E-state index in [-0.39, 0.29) is 29.8 Å². The molecule has 0 aliphatic carbocycles. The van der Waals surface area contributed by atoms with Crippen LogP contribution in [0.5, 0.6) is 5.88 Å². The highest BCUT2D eigenvalue weighted by Gasteiger charge is 2.01. The van der Waals surface area contributed by atoms with Crippen molar-refractivity contribution in [3.63, 3.8) is 0 Å². The summed E-state index contributed by atoms with van der Waals surface area (Å²) in [7, 11) is 1.72. The van der Waals surface area contributed by atoms with Gasteiger partial charge in [0.1, 0.15) is 5.82 Å². The number of halogens is 2. The van der Waals surface area contributed by atoms with Crippen LogP contribution in [-0.4, -0.2) is 31.1 Å². The molecular formula is C19H26FIN4O. The van der Waals surface area contributed by atoms with E-state index in [0.29, 0.717) is 31.5 Å². The molecule has 0 bridgehead atoms. The van der Waals surface area contributed by atoms with Crippen molar-refractivity contribution in [1.29, 1.82) is 0 Å². The van der Waals surface area contributed by atoms with Crippen molar-refractivity contribution in [3.05, 3.63) is 59.5 Å². The quantitative estimate of drug-likeness (QED) is 0.351. The Balaban J connectivity index is 0.00000338. The topological polar surface area (TPSA) is 58.5 Å². The van der Waals surface area contributed by atoms with Crippen molar-refractivity contribution >= 4 is 29.9 Å². The highest BCUT2D eigenvalue weighted by atomic mass is 127. The van der Waals surface area contributed by atoms with E-state index in [1.165, 1.54) is 6.07 Å². The molecule has 2 aromatic rings. The average Bonchev–Trinajstić information content (AvgIpc) is 2.63. The number of pyridine rings is 1. The predicted molar refractivity (Wildman–Crippen MR) is 114 cm³/mol. The number of nitrogens with zero attached hydrogens (tertiary/aromatic N) is 2. The second kappa shape index (κ2) is 12.5. The first-order valence-electron chi connectivity index (χ1n) is 8.48. The Morgan fingerprint density at radius 2 is 2.04 bits per heavy atom. The van der Waals surface area contributed by atoms with Gasteiger partial charge in [-0.15, -0.1) is 24.0 Å². The van der Waals surface area contributed by atoms with Gasteiger partial charge in [0, 0.05) is 32.4 Å². The van der Waals surface area contributed by atoms with Crippen LogP contribution in [0.2, 0.25) is 0 Å². The number of guanidine groups is 1. The molecule has 0 radical (unpaired) electrons. The molecule has 142 valence electrons. The fraction of sp³-hybridized carbons (Fsp3) is 0.368. The smallest absolute Gasteiger partial charge is 0.213 e. The molecule has 0 unspecified atom stereocenters. The van der Waals surface area contributed by atoms with Gasteiger partial charge in [0.25, 0.3) is 0 Å². The SMILES string of the molecule is CCCOc1ccc(CNC(=NC)NCCc2cccc(F)c2)cn1.I. The summed E-state index contributed by atoms with van der Waals surface area (Å²) in [5.41, 5.74) is 1.99. The highest BCUT2D eigenvalue weighted by Crippen LogP contribution is 2.07. The van der Waals surface area contributed by atoms with E-state index < -0.39 is 0 Å². The maximum Gasteiger partial charge on any atom is 0.213 e. The predicted octanol–water partition coefficient (Wildman–Crippen LogP) is 3.54. The molecule has 1 heterocycles. The fourth-order valence-electron chi connectivity index (χ4n) is 2.23. The van der Waals surface area contributed by atoms with Crippen LogP contribution in [0.3, 0.4) is 0 Å². The number of rotatable bonds is 8. The molecule has 0 aliphatic rings. The van der Waals surface area contributed by atoms with E-state index in [2.05, 4.69) is 27.5 Å². The molecule has 1 aromatic heterocycles. The fourth-order valence-corrected chi connectivity index (χ4v) is 2.23. The van der Waals surface area contributed by atoms with Gasteiger partial charge in [-0.2, -0.15) is 0 Å². The number of hydrogen-bond donors (Lipinski definition) is 2. The van der Waals surface area contributed by atoms with Gasteiger partial charge in [-0.3, -0.25) is 4.99 Å². The number of benzene rings is 1. The van der Waals surface area contributed by atoms with Gasteiger partial charge < -0.3 is 15.4 Å². The van der Waals surface area contributed by atoms with Crippen LogP contribution in [-0.2, 0) is 13.0 Å². The van der Waals surface area contributed by atoms with E-state index in [4.69, 9.17) is 4.74 Å². The molecule has 0 saturated heterocycles. The average molecular weight is 472 g/mol. The van der Waals surface area contributed by atoms with Crippen LogP contribution in [0, 0.1) is 5.82 Å². The van der Waals surface area contributed by atoms with Gasteiger partial charge >= 0.3 is 0 Å². The van der Waals surface area contributed by atoms with Gasteiger partial charge in [0.2, 0.25) is 5.88 Å². The largest absolute Gasteiger partial charge is 0.478 e. The number of nitrogens with one attached hydrogen (secondary N) is 2. The van der Waals surface area contributed by atoms with Gasteiger partial charge in [-0.25, -0.2) is 9.37 Å². The summed E-state index contributed by atoms with van der Waals surface area (Å²) in [4.78, 5) is 8.46. The molecule has 5 nitrogen and oxygen atoms in total. The summed E-state index contributed by atoms with van der Waals surface area (Å²) >= 11 is 0. The first kappa shape index (κ1) is 22.1. The van der Waals surface area contributed by atoms with E-state index in [0.717, 1.165) is 24.0 Å². The Morgan fingerprint density at radius 3 is 2.69 bits per heavy atom. The molecular weight excluding hydrogens is 446 g/mol. The number of aromatic nitrogens is 1. The molecule has 0 spiro atoms.